The zero-order chi connectivity index (χ0) is 13.2. The van der Waals surface area contributed by atoms with Gasteiger partial charge in [-0.05, 0) is 0 Å². The molecule has 1 fully saturated rings. The van der Waals surface area contributed by atoms with Gasteiger partial charge in [0.15, 0.2) is 0 Å². The van der Waals surface area contributed by atoms with Crippen molar-refractivity contribution in [3.05, 3.63) is 0 Å². The van der Waals surface area contributed by atoms with Crippen molar-refractivity contribution in [2.75, 3.05) is 0 Å². The molecule has 1 rings (SSSR count). The van der Waals surface area contributed by atoms with Gasteiger partial charge in [-0.3, -0.25) is 0 Å². The van der Waals surface area contributed by atoms with Crippen LogP contribution in [0.25, 0.3) is 0 Å². The summed E-state index contributed by atoms with van der Waals surface area (Å²) in [6.07, 6.45) is 4.39. The van der Waals surface area contributed by atoms with Gasteiger partial charge in [0.25, 0.3) is 0 Å². The summed E-state index contributed by atoms with van der Waals surface area (Å²) < 4.78 is 7.53. The normalized spacial score (nSPS) is 30.4. The number of hydrogen-bond donors (Lipinski definition) is 0. The standard InChI is InChI=1S/C15H28OTe/c1-10(2)12-8-7-11(3)9-13(12)16-14(17)15(4,5)6/h10-13H,7-9H2,1-6H3/t11-,12+,13-/m1/s1. The summed E-state index contributed by atoms with van der Waals surface area (Å²) >= 11 is 2.07. The summed E-state index contributed by atoms with van der Waals surface area (Å²) in [7, 11) is 0. The van der Waals surface area contributed by atoms with Crippen LogP contribution in [-0.4, -0.2) is 31.7 Å². The van der Waals surface area contributed by atoms with Gasteiger partial charge in [-0.25, -0.2) is 0 Å². The van der Waals surface area contributed by atoms with Crippen molar-refractivity contribution in [3.63, 3.8) is 0 Å². The van der Waals surface area contributed by atoms with Gasteiger partial charge >= 0.3 is 120 Å². The molecule has 0 aliphatic heterocycles. The van der Waals surface area contributed by atoms with E-state index in [2.05, 4.69) is 63.4 Å². The molecule has 0 radical (unpaired) electrons. The molecule has 0 aromatic heterocycles. The Labute approximate surface area is 120 Å². The van der Waals surface area contributed by atoms with Crippen LogP contribution < -0.4 is 0 Å². The summed E-state index contributed by atoms with van der Waals surface area (Å²) in [5, 5.41) is 0. The van der Waals surface area contributed by atoms with Gasteiger partial charge < -0.3 is 0 Å². The van der Waals surface area contributed by atoms with Gasteiger partial charge in [-0.2, -0.15) is 0 Å². The Kier molecular flexibility index (Phi) is 5.54. The quantitative estimate of drug-likeness (QED) is 0.702. The van der Waals surface area contributed by atoms with Crippen LogP contribution in [0.3, 0.4) is 0 Å². The van der Waals surface area contributed by atoms with Crippen molar-refractivity contribution < 1.29 is 4.74 Å². The second-order valence-corrected chi connectivity index (χ2v) is 8.08. The van der Waals surface area contributed by atoms with Gasteiger partial charge in [-0.15, -0.1) is 0 Å². The third-order valence-electron chi connectivity index (χ3n) is 3.83. The maximum absolute atomic E-state index is 6.32. The predicted molar refractivity (Wildman–Crippen MR) is 76.4 cm³/mol. The van der Waals surface area contributed by atoms with Crippen LogP contribution in [0.1, 0.15) is 60.8 Å². The van der Waals surface area contributed by atoms with E-state index >= 15 is 0 Å². The monoisotopic (exact) mass is 354 g/mol. The van der Waals surface area contributed by atoms with E-state index in [1.54, 1.807) is 0 Å². The fourth-order valence-electron chi connectivity index (χ4n) is 2.56. The van der Waals surface area contributed by atoms with Crippen LogP contribution in [0, 0.1) is 23.2 Å². The Morgan fingerprint density at radius 3 is 2.29 bits per heavy atom. The maximum atomic E-state index is 6.32. The molecule has 1 aliphatic carbocycles. The van der Waals surface area contributed by atoms with Crippen LogP contribution >= 0.6 is 0 Å². The Morgan fingerprint density at radius 2 is 1.82 bits per heavy atom. The van der Waals surface area contributed by atoms with Crippen molar-refractivity contribution in [2.24, 2.45) is 23.2 Å². The van der Waals surface area contributed by atoms with Gasteiger partial charge in [0.05, 0.1) is 0 Å². The van der Waals surface area contributed by atoms with Crippen LogP contribution in [0.5, 0.6) is 0 Å². The van der Waals surface area contributed by atoms with Crippen LogP contribution in [0.15, 0.2) is 0 Å². The first-order valence-electron chi connectivity index (χ1n) is 6.93. The Balaban J connectivity index is 2.67. The van der Waals surface area contributed by atoms with Crippen molar-refractivity contribution in [2.45, 2.75) is 66.9 Å². The van der Waals surface area contributed by atoms with Crippen LogP contribution in [0.2, 0.25) is 0 Å². The molecule has 0 saturated heterocycles. The molecule has 1 aliphatic rings. The molecule has 1 nitrogen and oxygen atoms in total. The van der Waals surface area contributed by atoms with Gasteiger partial charge in [0.2, 0.25) is 0 Å². The van der Waals surface area contributed by atoms with Crippen molar-refractivity contribution in [3.8, 4) is 0 Å². The Bertz CT molecular complexity index is 265. The van der Waals surface area contributed by atoms with Crippen LogP contribution in [-0.2, 0) is 4.74 Å². The second kappa shape index (κ2) is 6.07. The molecule has 0 N–H and O–H groups in total. The number of hydrogen-bond acceptors (Lipinski definition) is 1. The first-order valence-corrected chi connectivity index (χ1v) is 8.09. The first-order chi connectivity index (χ1) is 7.71. The van der Waals surface area contributed by atoms with E-state index in [1.165, 1.54) is 23.0 Å². The van der Waals surface area contributed by atoms with E-state index in [1.807, 2.05) is 0 Å². The first kappa shape index (κ1) is 15.5. The molecular formula is C15H28OTe. The molecule has 2 heteroatoms. The number of ether oxygens (including phenoxy) is 1. The molecule has 1 saturated carbocycles. The van der Waals surface area contributed by atoms with E-state index in [0.717, 1.165) is 17.8 Å². The van der Waals surface area contributed by atoms with Crippen molar-refractivity contribution in [1.82, 2.24) is 0 Å². The topological polar surface area (TPSA) is 9.23 Å². The summed E-state index contributed by atoms with van der Waals surface area (Å²) in [4.78, 5) is 0. The average molecular weight is 352 g/mol. The zero-order valence-corrected chi connectivity index (χ0v) is 14.6. The van der Waals surface area contributed by atoms with E-state index in [9.17, 15) is 0 Å². The van der Waals surface area contributed by atoms with Crippen molar-refractivity contribution >= 4 is 25.6 Å². The van der Waals surface area contributed by atoms with E-state index in [4.69, 9.17) is 4.74 Å². The molecule has 0 unspecified atom stereocenters. The molecule has 0 heterocycles. The Morgan fingerprint density at radius 1 is 1.24 bits per heavy atom. The molecule has 3 atom stereocenters. The average Bonchev–Trinajstić information content (AvgIpc) is 2.15. The third-order valence-corrected chi connectivity index (χ3v) is 5.85. The van der Waals surface area contributed by atoms with Gasteiger partial charge in [0, 0.05) is 0 Å². The van der Waals surface area contributed by atoms with E-state index < -0.39 is 0 Å². The fourth-order valence-corrected chi connectivity index (χ4v) is 2.92. The van der Waals surface area contributed by atoms with Crippen LogP contribution in [0.4, 0.5) is 0 Å². The molecule has 0 bridgehead atoms. The third kappa shape index (κ3) is 4.56. The molecule has 0 spiro atoms. The predicted octanol–water partition coefficient (Wildman–Crippen LogP) is 3.81. The molecule has 0 aromatic carbocycles. The molecule has 17 heavy (non-hydrogen) atoms. The van der Waals surface area contributed by atoms with Gasteiger partial charge in [-0.1, -0.05) is 0 Å². The molecule has 100 valence electrons. The minimum absolute atomic E-state index is 0.173. The zero-order valence-electron chi connectivity index (χ0n) is 12.2. The van der Waals surface area contributed by atoms with E-state index in [-0.39, 0.29) is 5.41 Å². The van der Waals surface area contributed by atoms with Crippen molar-refractivity contribution in [1.29, 1.82) is 0 Å². The van der Waals surface area contributed by atoms with E-state index in [0.29, 0.717) is 6.10 Å². The summed E-state index contributed by atoms with van der Waals surface area (Å²) in [5.41, 5.74) is 0.173. The number of rotatable bonds is 3. The summed E-state index contributed by atoms with van der Waals surface area (Å²) in [6, 6.07) is 0. The molecule has 0 aromatic rings. The van der Waals surface area contributed by atoms with Gasteiger partial charge in [0.1, 0.15) is 0 Å². The fraction of sp³-hybridized carbons (Fsp3) is 0.933. The summed E-state index contributed by atoms with van der Waals surface area (Å²) in [5.74, 6) is 2.30. The summed E-state index contributed by atoms with van der Waals surface area (Å²) in [6.45, 7) is 13.7. The second-order valence-electron chi connectivity index (χ2n) is 7.02. The molecule has 0 amide bonds. The minimum atomic E-state index is 0.173. The Hall–Kier alpha value is 0.460. The molecular weight excluding hydrogens is 324 g/mol. The SMILES string of the molecule is CC(C)[C@@H]1CC[C@@H](C)C[C@H]1OC(=[Te])C(C)(C)C.